The SMILES string of the molecule is Cc1nnc(-c2ccc(C(=O)NC3(CC(=O)O)CCC3)cc2)o1. The number of rotatable bonds is 5. The highest BCUT2D eigenvalue weighted by Gasteiger charge is 2.40. The molecule has 2 aromatic rings. The third-order valence-corrected chi connectivity index (χ3v) is 4.10. The van der Waals surface area contributed by atoms with Gasteiger partial charge in [-0.3, -0.25) is 9.59 Å². The predicted molar refractivity (Wildman–Crippen MR) is 80.8 cm³/mol. The number of nitrogens with zero attached hydrogens (tertiary/aromatic N) is 2. The van der Waals surface area contributed by atoms with Crippen molar-refractivity contribution >= 4 is 11.9 Å². The zero-order valence-electron chi connectivity index (χ0n) is 12.7. The molecule has 1 saturated carbocycles. The van der Waals surface area contributed by atoms with Gasteiger partial charge in [-0.15, -0.1) is 10.2 Å². The Morgan fingerprint density at radius 2 is 1.96 bits per heavy atom. The Labute approximate surface area is 132 Å². The second kappa shape index (κ2) is 5.83. The minimum Gasteiger partial charge on any atom is -0.481 e. The van der Waals surface area contributed by atoms with Gasteiger partial charge in [0.25, 0.3) is 5.91 Å². The van der Waals surface area contributed by atoms with Gasteiger partial charge in [0.05, 0.1) is 12.0 Å². The molecule has 1 aromatic carbocycles. The molecule has 23 heavy (non-hydrogen) atoms. The average Bonchev–Trinajstić information content (AvgIpc) is 2.91. The average molecular weight is 315 g/mol. The van der Waals surface area contributed by atoms with Crippen molar-refractivity contribution in [2.24, 2.45) is 0 Å². The highest BCUT2D eigenvalue weighted by Crippen LogP contribution is 2.35. The third kappa shape index (κ3) is 3.23. The Morgan fingerprint density at radius 1 is 1.26 bits per heavy atom. The van der Waals surface area contributed by atoms with Crippen LogP contribution in [0.4, 0.5) is 0 Å². The van der Waals surface area contributed by atoms with Crippen LogP contribution in [0.5, 0.6) is 0 Å². The Morgan fingerprint density at radius 3 is 2.43 bits per heavy atom. The summed E-state index contributed by atoms with van der Waals surface area (Å²) in [6.07, 6.45) is 2.29. The quantitative estimate of drug-likeness (QED) is 0.876. The normalized spacial score (nSPS) is 15.7. The lowest BCUT2D eigenvalue weighted by molar-refractivity contribution is -0.139. The first-order valence-electron chi connectivity index (χ1n) is 7.42. The first-order valence-corrected chi connectivity index (χ1v) is 7.42. The number of aromatic nitrogens is 2. The minimum atomic E-state index is -0.896. The highest BCUT2D eigenvalue weighted by atomic mass is 16.4. The van der Waals surface area contributed by atoms with Gasteiger partial charge in [-0.2, -0.15) is 0 Å². The molecule has 0 spiro atoms. The molecule has 120 valence electrons. The summed E-state index contributed by atoms with van der Waals surface area (Å²) < 4.78 is 5.33. The number of amides is 1. The summed E-state index contributed by atoms with van der Waals surface area (Å²) in [4.78, 5) is 23.3. The van der Waals surface area contributed by atoms with E-state index in [2.05, 4.69) is 15.5 Å². The Bertz CT molecular complexity index is 732. The van der Waals surface area contributed by atoms with Crippen LogP contribution in [0.25, 0.3) is 11.5 Å². The molecule has 1 aliphatic carbocycles. The van der Waals surface area contributed by atoms with Crippen molar-refractivity contribution < 1.29 is 19.1 Å². The number of carboxylic acid groups (broad SMARTS) is 1. The molecule has 0 saturated heterocycles. The van der Waals surface area contributed by atoms with Crippen molar-refractivity contribution in [2.45, 2.75) is 38.1 Å². The van der Waals surface area contributed by atoms with E-state index in [1.54, 1.807) is 31.2 Å². The van der Waals surface area contributed by atoms with Gasteiger partial charge in [-0.1, -0.05) is 0 Å². The number of benzene rings is 1. The van der Waals surface area contributed by atoms with Crippen LogP contribution in [0.3, 0.4) is 0 Å². The summed E-state index contributed by atoms with van der Waals surface area (Å²) in [5.74, 6) is -0.287. The zero-order valence-corrected chi connectivity index (χ0v) is 12.7. The van der Waals surface area contributed by atoms with Crippen molar-refractivity contribution in [3.05, 3.63) is 35.7 Å². The van der Waals surface area contributed by atoms with Crippen molar-refractivity contribution in [2.75, 3.05) is 0 Å². The molecule has 1 aromatic heterocycles. The third-order valence-electron chi connectivity index (χ3n) is 4.10. The Balaban J connectivity index is 1.71. The summed E-state index contributed by atoms with van der Waals surface area (Å²) in [6, 6.07) is 6.79. The molecular formula is C16H17N3O4. The van der Waals surface area contributed by atoms with E-state index in [4.69, 9.17) is 9.52 Å². The van der Waals surface area contributed by atoms with Gasteiger partial charge in [0.15, 0.2) is 0 Å². The molecule has 1 heterocycles. The van der Waals surface area contributed by atoms with Crippen molar-refractivity contribution in [1.29, 1.82) is 0 Å². The fraction of sp³-hybridized carbons (Fsp3) is 0.375. The van der Waals surface area contributed by atoms with Gasteiger partial charge in [0, 0.05) is 18.1 Å². The first-order chi connectivity index (χ1) is 11.0. The molecule has 1 amide bonds. The van der Waals surface area contributed by atoms with Crippen molar-refractivity contribution in [3.63, 3.8) is 0 Å². The summed E-state index contributed by atoms with van der Waals surface area (Å²) in [5.41, 5.74) is 0.596. The fourth-order valence-electron chi connectivity index (χ4n) is 2.73. The van der Waals surface area contributed by atoms with Crippen LogP contribution >= 0.6 is 0 Å². The Kier molecular flexibility index (Phi) is 3.85. The van der Waals surface area contributed by atoms with E-state index in [-0.39, 0.29) is 12.3 Å². The monoisotopic (exact) mass is 315 g/mol. The Hall–Kier alpha value is -2.70. The molecule has 7 nitrogen and oxygen atoms in total. The van der Waals surface area contributed by atoms with Gasteiger partial charge in [-0.05, 0) is 43.5 Å². The number of carboxylic acids is 1. The second-order valence-electron chi connectivity index (χ2n) is 5.86. The number of nitrogens with one attached hydrogen (secondary N) is 1. The van der Waals surface area contributed by atoms with E-state index in [0.717, 1.165) is 12.0 Å². The topological polar surface area (TPSA) is 105 Å². The van der Waals surface area contributed by atoms with Crippen molar-refractivity contribution in [3.8, 4) is 11.5 Å². The molecule has 0 atom stereocenters. The lowest BCUT2D eigenvalue weighted by atomic mass is 9.74. The van der Waals surface area contributed by atoms with E-state index in [1.165, 1.54) is 0 Å². The van der Waals surface area contributed by atoms with Gasteiger partial charge in [0.1, 0.15) is 0 Å². The summed E-state index contributed by atoms with van der Waals surface area (Å²) >= 11 is 0. The van der Waals surface area contributed by atoms with Gasteiger partial charge in [0.2, 0.25) is 11.8 Å². The standard InChI is InChI=1S/C16H17N3O4/c1-10-18-19-15(23-10)12-5-3-11(4-6-12)14(22)17-16(7-2-8-16)9-13(20)21/h3-6H,2,7-9H2,1H3,(H,17,22)(H,20,21). The largest absolute Gasteiger partial charge is 0.481 e. The minimum absolute atomic E-state index is 0.0436. The van der Waals surface area contributed by atoms with E-state index < -0.39 is 11.5 Å². The molecular weight excluding hydrogens is 298 g/mol. The predicted octanol–water partition coefficient (Wildman–Crippen LogP) is 2.17. The summed E-state index contributed by atoms with van der Waals surface area (Å²) in [7, 11) is 0. The van der Waals surface area contributed by atoms with E-state index in [0.29, 0.717) is 30.2 Å². The van der Waals surface area contributed by atoms with Gasteiger partial charge < -0.3 is 14.8 Å². The summed E-state index contributed by atoms with van der Waals surface area (Å²) in [5, 5.41) is 19.5. The van der Waals surface area contributed by atoms with Crippen LogP contribution in [-0.2, 0) is 4.79 Å². The molecule has 1 aliphatic rings. The number of carbonyl (C=O) groups is 2. The molecule has 7 heteroatoms. The van der Waals surface area contributed by atoms with Crippen LogP contribution in [0.15, 0.2) is 28.7 Å². The highest BCUT2D eigenvalue weighted by molar-refractivity contribution is 5.95. The number of hydrogen-bond donors (Lipinski definition) is 2. The maximum atomic E-state index is 12.3. The molecule has 0 bridgehead atoms. The number of aryl methyl sites for hydroxylation is 1. The molecule has 0 aliphatic heterocycles. The van der Waals surface area contributed by atoms with E-state index in [1.807, 2.05) is 0 Å². The van der Waals surface area contributed by atoms with Crippen molar-refractivity contribution in [1.82, 2.24) is 15.5 Å². The van der Waals surface area contributed by atoms with Gasteiger partial charge in [-0.25, -0.2) is 0 Å². The fourth-order valence-corrected chi connectivity index (χ4v) is 2.73. The van der Waals surface area contributed by atoms with E-state index >= 15 is 0 Å². The smallest absolute Gasteiger partial charge is 0.305 e. The number of hydrogen-bond acceptors (Lipinski definition) is 5. The zero-order chi connectivity index (χ0) is 16.4. The number of carbonyl (C=O) groups excluding carboxylic acids is 1. The summed E-state index contributed by atoms with van der Waals surface area (Å²) in [6.45, 7) is 1.71. The molecule has 2 N–H and O–H groups in total. The van der Waals surface area contributed by atoms with Gasteiger partial charge >= 0.3 is 5.97 Å². The number of aliphatic carboxylic acids is 1. The molecule has 1 fully saturated rings. The molecule has 0 unspecified atom stereocenters. The van der Waals surface area contributed by atoms with Crippen LogP contribution < -0.4 is 5.32 Å². The second-order valence-corrected chi connectivity index (χ2v) is 5.86. The van der Waals surface area contributed by atoms with E-state index in [9.17, 15) is 9.59 Å². The lowest BCUT2D eigenvalue weighted by Crippen LogP contribution is -2.54. The van der Waals surface area contributed by atoms with Crippen LogP contribution in [0.2, 0.25) is 0 Å². The van der Waals surface area contributed by atoms with Crippen LogP contribution in [0, 0.1) is 6.92 Å². The van der Waals surface area contributed by atoms with Crippen LogP contribution in [-0.4, -0.2) is 32.7 Å². The molecule has 3 rings (SSSR count). The van der Waals surface area contributed by atoms with Crippen LogP contribution in [0.1, 0.15) is 41.9 Å². The lowest BCUT2D eigenvalue weighted by Gasteiger charge is -2.41. The first kappa shape index (κ1) is 15.2. The molecule has 0 radical (unpaired) electrons. The maximum absolute atomic E-state index is 12.3. The maximum Gasteiger partial charge on any atom is 0.305 e.